The van der Waals surface area contributed by atoms with Gasteiger partial charge >= 0.3 is 11.9 Å². The van der Waals surface area contributed by atoms with Gasteiger partial charge in [0.1, 0.15) is 0 Å². The first-order valence-electron chi connectivity index (χ1n) is 4.98. The van der Waals surface area contributed by atoms with Crippen molar-refractivity contribution < 1.29 is 19.2 Å². The molecule has 0 spiro atoms. The third-order valence-electron chi connectivity index (χ3n) is 1.94. The molecule has 0 aliphatic rings. The van der Waals surface area contributed by atoms with E-state index in [-0.39, 0.29) is 28.0 Å². The summed E-state index contributed by atoms with van der Waals surface area (Å²) in [5.41, 5.74) is -0.420. The number of benzene rings is 1. The van der Waals surface area contributed by atoms with Crippen molar-refractivity contribution in [3.63, 3.8) is 0 Å². The normalized spacial score (nSPS) is 9.84. The Balaban J connectivity index is 3.00. The second kappa shape index (κ2) is 6.35. The number of nitro groups is 1. The first-order chi connectivity index (χ1) is 8.86. The number of ether oxygens (including phenoxy) is 1. The van der Waals surface area contributed by atoms with Gasteiger partial charge in [0.15, 0.2) is 0 Å². The SMILES string of the molecule is CCOC(=O)C(=O)Nc1c(Cl)cc([N+](=O)[O-])cc1Cl. The topological polar surface area (TPSA) is 98.5 Å². The van der Waals surface area contributed by atoms with Crippen LogP contribution in [0.4, 0.5) is 11.4 Å². The number of carbonyl (C=O) groups is 2. The van der Waals surface area contributed by atoms with Crippen LogP contribution in [0.15, 0.2) is 12.1 Å². The van der Waals surface area contributed by atoms with Gasteiger partial charge in [-0.05, 0) is 6.92 Å². The molecule has 1 amide bonds. The van der Waals surface area contributed by atoms with E-state index < -0.39 is 16.8 Å². The molecule has 0 fully saturated rings. The Morgan fingerprint density at radius 1 is 1.37 bits per heavy atom. The van der Waals surface area contributed by atoms with E-state index in [2.05, 4.69) is 10.1 Å². The molecule has 0 heterocycles. The zero-order valence-corrected chi connectivity index (χ0v) is 11.1. The lowest BCUT2D eigenvalue weighted by Crippen LogP contribution is -2.25. The fourth-order valence-electron chi connectivity index (χ4n) is 1.15. The average Bonchev–Trinajstić information content (AvgIpc) is 2.33. The number of anilines is 1. The quantitative estimate of drug-likeness (QED) is 0.400. The summed E-state index contributed by atoms with van der Waals surface area (Å²) in [4.78, 5) is 32.4. The maximum absolute atomic E-state index is 11.4. The van der Waals surface area contributed by atoms with E-state index in [0.29, 0.717) is 0 Å². The number of carbonyl (C=O) groups excluding carboxylic acids is 2. The molecule has 19 heavy (non-hydrogen) atoms. The van der Waals surface area contributed by atoms with Gasteiger partial charge in [-0.1, -0.05) is 23.2 Å². The van der Waals surface area contributed by atoms with Gasteiger partial charge in [-0.15, -0.1) is 0 Å². The Kier molecular flexibility index (Phi) is 5.08. The van der Waals surface area contributed by atoms with Gasteiger partial charge in [0, 0.05) is 12.1 Å². The maximum Gasteiger partial charge on any atom is 0.397 e. The monoisotopic (exact) mass is 306 g/mol. The lowest BCUT2D eigenvalue weighted by molar-refractivity contribution is -0.384. The number of hydrogen-bond acceptors (Lipinski definition) is 5. The van der Waals surface area contributed by atoms with Gasteiger partial charge in [-0.2, -0.15) is 0 Å². The van der Waals surface area contributed by atoms with Crippen molar-refractivity contribution in [3.05, 3.63) is 32.3 Å². The van der Waals surface area contributed by atoms with Crippen LogP contribution in [0.5, 0.6) is 0 Å². The second-order valence-electron chi connectivity index (χ2n) is 3.22. The van der Waals surface area contributed by atoms with E-state index in [1.54, 1.807) is 0 Å². The number of halogens is 2. The van der Waals surface area contributed by atoms with Gasteiger partial charge in [-0.3, -0.25) is 14.9 Å². The summed E-state index contributed by atoms with van der Waals surface area (Å²) in [6, 6.07) is 2.02. The van der Waals surface area contributed by atoms with Crippen molar-refractivity contribution in [2.45, 2.75) is 6.92 Å². The molecule has 0 saturated heterocycles. The van der Waals surface area contributed by atoms with Crippen LogP contribution in [0.25, 0.3) is 0 Å². The Morgan fingerprint density at radius 2 is 1.89 bits per heavy atom. The van der Waals surface area contributed by atoms with Gasteiger partial charge < -0.3 is 10.1 Å². The molecular weight excluding hydrogens is 299 g/mol. The van der Waals surface area contributed by atoms with Crippen LogP contribution < -0.4 is 5.32 Å². The molecule has 0 unspecified atom stereocenters. The molecule has 0 saturated carbocycles. The first-order valence-corrected chi connectivity index (χ1v) is 5.74. The number of nitrogens with zero attached hydrogens (tertiary/aromatic N) is 1. The molecule has 7 nitrogen and oxygen atoms in total. The number of nitrogens with one attached hydrogen (secondary N) is 1. The van der Waals surface area contributed by atoms with Crippen LogP contribution in [-0.2, 0) is 14.3 Å². The highest BCUT2D eigenvalue weighted by Crippen LogP contribution is 2.34. The van der Waals surface area contributed by atoms with Gasteiger partial charge in [0.2, 0.25) is 0 Å². The minimum atomic E-state index is -1.10. The standard InChI is InChI=1S/C10H8Cl2N2O5/c1-2-19-10(16)9(15)13-8-6(11)3-5(14(17)18)4-7(8)12/h3-4H,2H2,1H3,(H,13,15). The highest BCUT2D eigenvalue weighted by Gasteiger charge is 2.20. The number of esters is 1. The fraction of sp³-hybridized carbons (Fsp3) is 0.200. The van der Waals surface area contributed by atoms with Crippen LogP contribution >= 0.6 is 23.2 Å². The van der Waals surface area contributed by atoms with Crippen LogP contribution in [0.1, 0.15) is 6.92 Å². The Morgan fingerprint density at radius 3 is 2.32 bits per heavy atom. The summed E-state index contributed by atoms with van der Waals surface area (Å²) >= 11 is 11.5. The van der Waals surface area contributed by atoms with Crippen molar-refractivity contribution in [2.75, 3.05) is 11.9 Å². The second-order valence-corrected chi connectivity index (χ2v) is 4.03. The van der Waals surface area contributed by atoms with Crippen LogP contribution in [-0.4, -0.2) is 23.4 Å². The molecule has 0 aliphatic carbocycles. The largest absolute Gasteiger partial charge is 0.459 e. The third kappa shape index (κ3) is 3.80. The van der Waals surface area contributed by atoms with Crippen LogP contribution in [0, 0.1) is 10.1 Å². The van der Waals surface area contributed by atoms with E-state index in [1.165, 1.54) is 6.92 Å². The highest BCUT2D eigenvalue weighted by atomic mass is 35.5. The molecule has 0 aromatic heterocycles. The van der Waals surface area contributed by atoms with Gasteiger partial charge in [0.25, 0.3) is 5.69 Å². The molecule has 0 bridgehead atoms. The van der Waals surface area contributed by atoms with Crippen molar-refractivity contribution in [1.29, 1.82) is 0 Å². The molecule has 1 rings (SSSR count). The van der Waals surface area contributed by atoms with E-state index in [4.69, 9.17) is 23.2 Å². The van der Waals surface area contributed by atoms with E-state index in [9.17, 15) is 19.7 Å². The summed E-state index contributed by atoms with van der Waals surface area (Å²) in [6.07, 6.45) is 0. The van der Waals surface area contributed by atoms with E-state index in [1.807, 2.05) is 0 Å². The first kappa shape index (κ1) is 15.2. The summed E-state index contributed by atoms with van der Waals surface area (Å²) in [5, 5.41) is 12.4. The molecule has 9 heteroatoms. The zero-order chi connectivity index (χ0) is 14.6. The fourth-order valence-corrected chi connectivity index (χ4v) is 1.72. The van der Waals surface area contributed by atoms with Gasteiger partial charge in [0.05, 0.1) is 27.3 Å². The third-order valence-corrected chi connectivity index (χ3v) is 2.53. The summed E-state index contributed by atoms with van der Waals surface area (Å²) < 4.78 is 4.47. The minimum Gasteiger partial charge on any atom is -0.459 e. The van der Waals surface area contributed by atoms with Gasteiger partial charge in [-0.25, -0.2) is 4.79 Å². The lowest BCUT2D eigenvalue weighted by Gasteiger charge is -2.08. The Hall–Kier alpha value is -1.86. The van der Waals surface area contributed by atoms with Crippen LogP contribution in [0.3, 0.4) is 0 Å². The molecule has 0 aliphatic heterocycles. The molecule has 1 N–H and O–H groups in total. The summed E-state index contributed by atoms with van der Waals surface area (Å²) in [5.74, 6) is -2.17. The van der Waals surface area contributed by atoms with Crippen molar-refractivity contribution in [2.24, 2.45) is 0 Å². The molecule has 1 aromatic rings. The predicted octanol–water partition coefficient (Wildman–Crippen LogP) is 2.40. The Bertz CT molecular complexity index is 524. The number of hydrogen-bond donors (Lipinski definition) is 1. The van der Waals surface area contributed by atoms with E-state index >= 15 is 0 Å². The minimum absolute atomic E-state index is 0.0357. The number of amides is 1. The number of nitro benzene ring substituents is 1. The molecule has 1 aromatic carbocycles. The molecule has 0 atom stereocenters. The summed E-state index contributed by atoms with van der Waals surface area (Å²) in [7, 11) is 0. The maximum atomic E-state index is 11.4. The molecule has 102 valence electrons. The smallest absolute Gasteiger partial charge is 0.397 e. The van der Waals surface area contributed by atoms with Crippen molar-refractivity contribution in [1.82, 2.24) is 0 Å². The molecular formula is C10H8Cl2N2O5. The molecule has 0 radical (unpaired) electrons. The van der Waals surface area contributed by atoms with Crippen LogP contribution in [0.2, 0.25) is 10.0 Å². The average molecular weight is 307 g/mol. The Labute approximate surface area is 117 Å². The predicted molar refractivity (Wildman–Crippen MR) is 68.4 cm³/mol. The number of rotatable bonds is 3. The van der Waals surface area contributed by atoms with E-state index in [0.717, 1.165) is 12.1 Å². The zero-order valence-electron chi connectivity index (χ0n) is 9.61. The summed E-state index contributed by atoms with van der Waals surface area (Å²) in [6.45, 7) is 1.57. The van der Waals surface area contributed by atoms with Crippen molar-refractivity contribution >= 4 is 46.5 Å². The van der Waals surface area contributed by atoms with Crippen molar-refractivity contribution in [3.8, 4) is 0 Å². The lowest BCUT2D eigenvalue weighted by atomic mass is 10.2. The number of non-ortho nitro benzene ring substituents is 1. The highest BCUT2D eigenvalue weighted by molar-refractivity contribution is 6.43.